The van der Waals surface area contributed by atoms with Crippen LogP contribution in [0.3, 0.4) is 0 Å². The van der Waals surface area contributed by atoms with E-state index in [2.05, 4.69) is 4.74 Å². The summed E-state index contributed by atoms with van der Waals surface area (Å²) in [6.45, 7) is 0. The van der Waals surface area contributed by atoms with Gasteiger partial charge in [0.25, 0.3) is 5.91 Å². The Bertz CT molecular complexity index is 849. The third-order valence-electron chi connectivity index (χ3n) is 3.49. The van der Waals surface area contributed by atoms with Crippen LogP contribution in [0.1, 0.15) is 31.8 Å². The number of methoxy groups -OCH3 is 1. The van der Waals surface area contributed by atoms with Gasteiger partial charge in [-0.1, -0.05) is 42.5 Å². The number of benzene rings is 2. The molecule has 0 heterocycles. The first-order valence-corrected chi connectivity index (χ1v) is 7.66. The summed E-state index contributed by atoms with van der Waals surface area (Å²) in [6, 6.07) is 13.3. The Morgan fingerprint density at radius 3 is 1.85 bits per heavy atom. The molecule has 0 saturated heterocycles. The highest BCUT2D eigenvalue weighted by Gasteiger charge is 2.06. The standard InChI is InChI=1S/C20H17NO5/c1-26-20(24)17-10-8-16(9-11-17)18(22)12-6-14-2-4-15(5-3-14)7-13-19(23)21-25/h2-13,25H,1H3,(H,21,23)/b12-6+,13-7+. The summed E-state index contributed by atoms with van der Waals surface area (Å²) in [5.74, 6) is -1.26. The molecular formula is C20H17NO5. The summed E-state index contributed by atoms with van der Waals surface area (Å²) >= 11 is 0. The predicted molar refractivity (Wildman–Crippen MR) is 96.6 cm³/mol. The predicted octanol–water partition coefficient (Wildman–Crippen LogP) is 2.89. The van der Waals surface area contributed by atoms with Crippen molar-refractivity contribution in [1.82, 2.24) is 5.48 Å². The first-order valence-electron chi connectivity index (χ1n) is 7.66. The van der Waals surface area contributed by atoms with Crippen molar-refractivity contribution in [3.8, 4) is 0 Å². The van der Waals surface area contributed by atoms with Crippen molar-refractivity contribution < 1.29 is 24.3 Å². The van der Waals surface area contributed by atoms with E-state index < -0.39 is 11.9 Å². The van der Waals surface area contributed by atoms with E-state index in [1.165, 1.54) is 36.9 Å². The molecule has 0 atom stereocenters. The van der Waals surface area contributed by atoms with Crippen molar-refractivity contribution in [3.63, 3.8) is 0 Å². The van der Waals surface area contributed by atoms with Crippen molar-refractivity contribution in [2.75, 3.05) is 7.11 Å². The molecule has 0 aromatic heterocycles. The topological polar surface area (TPSA) is 92.7 Å². The van der Waals surface area contributed by atoms with Gasteiger partial charge in [-0.25, -0.2) is 10.3 Å². The maximum atomic E-state index is 12.2. The number of carbonyl (C=O) groups is 3. The molecule has 0 radical (unpaired) electrons. The zero-order valence-electron chi connectivity index (χ0n) is 14.0. The maximum Gasteiger partial charge on any atom is 0.337 e. The van der Waals surface area contributed by atoms with Crippen LogP contribution >= 0.6 is 0 Å². The lowest BCUT2D eigenvalue weighted by Crippen LogP contribution is -2.14. The molecular weight excluding hydrogens is 334 g/mol. The first-order chi connectivity index (χ1) is 12.5. The van der Waals surface area contributed by atoms with Gasteiger partial charge in [0.15, 0.2) is 5.78 Å². The quantitative estimate of drug-likeness (QED) is 0.274. The molecule has 0 fully saturated rings. The lowest BCUT2D eigenvalue weighted by Gasteiger charge is -2.00. The molecule has 0 unspecified atom stereocenters. The molecule has 132 valence electrons. The van der Waals surface area contributed by atoms with Crippen LogP contribution in [-0.2, 0) is 9.53 Å². The van der Waals surface area contributed by atoms with Crippen LogP contribution < -0.4 is 5.48 Å². The van der Waals surface area contributed by atoms with Gasteiger partial charge in [0.05, 0.1) is 12.7 Å². The Labute approximate surface area is 150 Å². The van der Waals surface area contributed by atoms with Gasteiger partial charge in [-0.05, 0) is 35.4 Å². The Balaban J connectivity index is 2.02. The van der Waals surface area contributed by atoms with Crippen LogP contribution in [-0.4, -0.2) is 30.0 Å². The zero-order chi connectivity index (χ0) is 18.9. The average molecular weight is 351 g/mol. The van der Waals surface area contributed by atoms with Gasteiger partial charge in [-0.15, -0.1) is 0 Å². The molecule has 6 heteroatoms. The van der Waals surface area contributed by atoms with Crippen LogP contribution in [0.15, 0.2) is 60.7 Å². The van der Waals surface area contributed by atoms with E-state index >= 15 is 0 Å². The number of allylic oxidation sites excluding steroid dienone is 1. The first kappa shape index (κ1) is 18.8. The third-order valence-corrected chi connectivity index (χ3v) is 3.49. The SMILES string of the molecule is COC(=O)c1ccc(C(=O)/C=C/c2ccc(/C=C/C(=O)NO)cc2)cc1. The molecule has 0 aliphatic rings. The molecule has 0 aliphatic heterocycles. The number of esters is 1. The number of hydrogen-bond donors (Lipinski definition) is 2. The molecule has 6 nitrogen and oxygen atoms in total. The zero-order valence-corrected chi connectivity index (χ0v) is 14.0. The van der Waals surface area contributed by atoms with Crippen molar-refractivity contribution in [2.24, 2.45) is 0 Å². The van der Waals surface area contributed by atoms with E-state index in [9.17, 15) is 14.4 Å². The van der Waals surface area contributed by atoms with Crippen LogP contribution in [0.2, 0.25) is 0 Å². The number of carbonyl (C=O) groups excluding carboxylic acids is 3. The molecule has 2 aromatic rings. The summed E-state index contributed by atoms with van der Waals surface area (Å²) in [6.07, 6.45) is 5.86. The number of rotatable bonds is 6. The smallest absolute Gasteiger partial charge is 0.337 e. The molecule has 1 amide bonds. The van der Waals surface area contributed by atoms with Gasteiger partial charge in [-0.2, -0.15) is 0 Å². The second kappa shape index (κ2) is 9.10. The second-order valence-electron chi connectivity index (χ2n) is 5.24. The van der Waals surface area contributed by atoms with Crippen molar-refractivity contribution >= 4 is 29.8 Å². The highest BCUT2D eigenvalue weighted by atomic mass is 16.5. The summed E-state index contributed by atoms with van der Waals surface area (Å²) < 4.78 is 4.61. The highest BCUT2D eigenvalue weighted by molar-refractivity contribution is 6.07. The third kappa shape index (κ3) is 5.25. The van der Waals surface area contributed by atoms with Crippen molar-refractivity contribution in [3.05, 3.63) is 82.9 Å². The van der Waals surface area contributed by atoms with Gasteiger partial charge >= 0.3 is 5.97 Å². The van der Waals surface area contributed by atoms with Gasteiger partial charge < -0.3 is 4.74 Å². The molecule has 26 heavy (non-hydrogen) atoms. The largest absolute Gasteiger partial charge is 0.465 e. The summed E-state index contributed by atoms with van der Waals surface area (Å²) in [4.78, 5) is 34.5. The molecule has 0 saturated carbocycles. The van der Waals surface area contributed by atoms with Gasteiger partial charge in [-0.3, -0.25) is 14.8 Å². The minimum atomic E-state index is -0.613. The number of amides is 1. The number of ether oxygens (including phenoxy) is 1. The lowest BCUT2D eigenvalue weighted by atomic mass is 10.1. The van der Waals surface area contributed by atoms with E-state index in [1.807, 2.05) is 0 Å². The van der Waals surface area contributed by atoms with Gasteiger partial charge in [0.2, 0.25) is 0 Å². The molecule has 0 bridgehead atoms. The van der Waals surface area contributed by atoms with Gasteiger partial charge in [0.1, 0.15) is 0 Å². The van der Waals surface area contributed by atoms with E-state index in [-0.39, 0.29) is 5.78 Å². The summed E-state index contributed by atoms with van der Waals surface area (Å²) in [7, 11) is 1.30. The molecule has 2 rings (SSSR count). The number of hydrogen-bond acceptors (Lipinski definition) is 5. The number of hydroxylamine groups is 1. The van der Waals surface area contributed by atoms with E-state index in [0.717, 1.165) is 11.1 Å². The monoisotopic (exact) mass is 351 g/mol. The summed E-state index contributed by atoms with van der Waals surface area (Å²) in [5, 5.41) is 8.41. The molecule has 0 aliphatic carbocycles. The molecule has 0 spiro atoms. The lowest BCUT2D eigenvalue weighted by molar-refractivity contribution is -0.124. The Hall–Kier alpha value is -3.51. The van der Waals surface area contributed by atoms with Crippen molar-refractivity contribution in [1.29, 1.82) is 0 Å². The molecule has 2 N–H and O–H groups in total. The number of nitrogens with one attached hydrogen (secondary N) is 1. The fourth-order valence-electron chi connectivity index (χ4n) is 2.08. The minimum Gasteiger partial charge on any atom is -0.465 e. The average Bonchev–Trinajstić information content (AvgIpc) is 2.70. The fraction of sp³-hybridized carbons (Fsp3) is 0.0500. The second-order valence-corrected chi connectivity index (χ2v) is 5.24. The minimum absolute atomic E-state index is 0.190. The van der Waals surface area contributed by atoms with Crippen LogP contribution in [0, 0.1) is 0 Å². The van der Waals surface area contributed by atoms with E-state index in [4.69, 9.17) is 5.21 Å². The Kier molecular flexibility index (Phi) is 6.59. The Morgan fingerprint density at radius 1 is 0.846 bits per heavy atom. The highest BCUT2D eigenvalue weighted by Crippen LogP contribution is 2.11. The van der Waals surface area contributed by atoms with Crippen LogP contribution in [0.4, 0.5) is 0 Å². The fourth-order valence-corrected chi connectivity index (χ4v) is 2.08. The van der Waals surface area contributed by atoms with Crippen LogP contribution in [0.5, 0.6) is 0 Å². The van der Waals surface area contributed by atoms with Crippen LogP contribution in [0.25, 0.3) is 12.2 Å². The van der Waals surface area contributed by atoms with E-state index in [1.54, 1.807) is 48.6 Å². The Morgan fingerprint density at radius 2 is 1.35 bits per heavy atom. The molecule has 2 aromatic carbocycles. The van der Waals surface area contributed by atoms with Crippen molar-refractivity contribution in [2.45, 2.75) is 0 Å². The van der Waals surface area contributed by atoms with Gasteiger partial charge in [0, 0.05) is 11.6 Å². The summed E-state index contributed by atoms with van der Waals surface area (Å²) in [5.41, 5.74) is 3.94. The number of ketones is 1. The maximum absolute atomic E-state index is 12.2. The van der Waals surface area contributed by atoms with E-state index in [0.29, 0.717) is 11.1 Å². The normalized spacial score (nSPS) is 10.8.